The summed E-state index contributed by atoms with van der Waals surface area (Å²) < 4.78 is 4.94. The fraction of sp³-hybridized carbons (Fsp3) is 0.417. The normalized spacial score (nSPS) is 11.5. The second-order valence-corrected chi connectivity index (χ2v) is 4.40. The number of thiophene rings is 1. The van der Waals surface area contributed by atoms with Gasteiger partial charge in [0.1, 0.15) is 6.61 Å². The second kappa shape index (κ2) is 7.07. The van der Waals surface area contributed by atoms with Gasteiger partial charge in [0, 0.05) is 18.5 Å². The number of carbonyl (C=O) groups is 1. The zero-order valence-electron chi connectivity index (χ0n) is 9.82. The molecule has 0 radical (unpaired) electrons. The summed E-state index contributed by atoms with van der Waals surface area (Å²) in [6.45, 7) is 2.18. The molecule has 0 fully saturated rings. The highest BCUT2D eigenvalue weighted by molar-refractivity contribution is 7.10. The van der Waals surface area contributed by atoms with Gasteiger partial charge in [-0.15, -0.1) is 11.3 Å². The van der Waals surface area contributed by atoms with Crippen molar-refractivity contribution < 1.29 is 14.6 Å². The molecule has 1 unspecified atom stereocenters. The van der Waals surface area contributed by atoms with Crippen molar-refractivity contribution in [1.82, 2.24) is 5.32 Å². The van der Waals surface area contributed by atoms with Crippen LogP contribution in [0.1, 0.15) is 22.2 Å². The molecular weight excluding hydrogens is 238 g/mol. The minimum atomic E-state index is -0.176. The zero-order valence-corrected chi connectivity index (χ0v) is 10.6. The van der Waals surface area contributed by atoms with E-state index in [1.54, 1.807) is 18.6 Å². The van der Waals surface area contributed by atoms with E-state index in [4.69, 9.17) is 9.84 Å². The third kappa shape index (κ3) is 4.57. The lowest BCUT2D eigenvalue weighted by molar-refractivity contribution is 0.0906. The van der Waals surface area contributed by atoms with Gasteiger partial charge in [0.05, 0.1) is 17.0 Å². The first-order valence-corrected chi connectivity index (χ1v) is 6.03. The molecule has 0 bridgehead atoms. The monoisotopic (exact) mass is 253 g/mol. The van der Waals surface area contributed by atoms with Crippen molar-refractivity contribution in [1.29, 1.82) is 0 Å². The van der Waals surface area contributed by atoms with Gasteiger partial charge < -0.3 is 15.2 Å². The Morgan fingerprint density at radius 3 is 3.12 bits per heavy atom. The molecular formula is C12H15NO3S. The predicted molar refractivity (Wildman–Crippen MR) is 67.1 cm³/mol. The van der Waals surface area contributed by atoms with Crippen LogP contribution in [0.25, 0.3) is 0 Å². The third-order valence-corrected chi connectivity index (χ3v) is 2.79. The van der Waals surface area contributed by atoms with Gasteiger partial charge in [0.25, 0.3) is 5.91 Å². The highest BCUT2D eigenvalue weighted by Crippen LogP contribution is 2.13. The maximum atomic E-state index is 11.8. The maximum absolute atomic E-state index is 11.8. The smallest absolute Gasteiger partial charge is 0.252 e. The number of hydrogen-bond donors (Lipinski definition) is 2. The van der Waals surface area contributed by atoms with E-state index in [-0.39, 0.29) is 18.6 Å². The molecule has 1 amide bonds. The minimum absolute atomic E-state index is 0.0284. The maximum Gasteiger partial charge on any atom is 0.252 e. The first kappa shape index (κ1) is 13.7. The Morgan fingerprint density at radius 2 is 2.47 bits per heavy atom. The van der Waals surface area contributed by atoms with Crippen molar-refractivity contribution in [2.75, 3.05) is 20.3 Å². The van der Waals surface area contributed by atoms with Crippen LogP contribution in [0.3, 0.4) is 0 Å². The Bertz CT molecular complexity index is 430. The highest BCUT2D eigenvalue weighted by atomic mass is 32.1. The average Bonchev–Trinajstić information content (AvgIpc) is 2.75. The van der Waals surface area contributed by atoms with Crippen molar-refractivity contribution in [3.8, 4) is 11.8 Å². The molecule has 0 aliphatic carbocycles. The summed E-state index contributed by atoms with van der Waals surface area (Å²) >= 11 is 1.38. The van der Waals surface area contributed by atoms with Crippen molar-refractivity contribution in [2.24, 2.45) is 0 Å². The lowest BCUT2D eigenvalue weighted by atomic mass is 10.2. The Hall–Kier alpha value is -1.35. The Balaban J connectivity index is 2.60. The topological polar surface area (TPSA) is 58.6 Å². The lowest BCUT2D eigenvalue weighted by Gasteiger charge is -2.11. The first-order chi connectivity index (χ1) is 8.17. The lowest BCUT2D eigenvalue weighted by Crippen LogP contribution is -2.35. The molecule has 0 aliphatic heterocycles. The number of amides is 1. The second-order valence-electron chi connectivity index (χ2n) is 3.49. The number of nitrogens with one attached hydrogen (secondary N) is 1. The SMILES string of the molecule is COCC(C)NC(=O)c1csc(C#CCO)c1. The minimum Gasteiger partial charge on any atom is -0.384 e. The molecule has 1 rings (SSSR count). The molecule has 4 nitrogen and oxygen atoms in total. The molecule has 2 N–H and O–H groups in total. The predicted octanol–water partition coefficient (Wildman–Crippen LogP) is 0.857. The molecule has 0 saturated heterocycles. The van der Waals surface area contributed by atoms with Crippen LogP contribution >= 0.6 is 11.3 Å². The van der Waals surface area contributed by atoms with E-state index in [0.717, 1.165) is 4.88 Å². The number of rotatable bonds is 4. The van der Waals surface area contributed by atoms with Crippen molar-refractivity contribution in [3.05, 3.63) is 21.9 Å². The van der Waals surface area contributed by atoms with Gasteiger partial charge in [-0.05, 0) is 13.0 Å². The molecule has 1 atom stereocenters. The van der Waals surface area contributed by atoms with Gasteiger partial charge >= 0.3 is 0 Å². The standard InChI is InChI=1S/C12H15NO3S/c1-9(7-16-2)13-12(15)10-6-11(17-8-10)4-3-5-14/h6,8-9,14H,5,7H2,1-2H3,(H,13,15). The van der Waals surface area contributed by atoms with E-state index in [0.29, 0.717) is 12.2 Å². The number of carbonyl (C=O) groups excluding carboxylic acids is 1. The Kier molecular flexibility index (Phi) is 5.70. The van der Waals surface area contributed by atoms with E-state index in [1.165, 1.54) is 11.3 Å². The summed E-state index contributed by atoms with van der Waals surface area (Å²) in [7, 11) is 1.59. The van der Waals surface area contributed by atoms with Crippen LogP contribution in [0, 0.1) is 11.8 Å². The van der Waals surface area contributed by atoms with E-state index in [1.807, 2.05) is 6.92 Å². The largest absolute Gasteiger partial charge is 0.384 e. The van der Waals surface area contributed by atoms with Crippen LogP contribution in [0.4, 0.5) is 0 Å². The van der Waals surface area contributed by atoms with E-state index >= 15 is 0 Å². The third-order valence-electron chi connectivity index (χ3n) is 1.95. The van der Waals surface area contributed by atoms with Gasteiger partial charge in [-0.3, -0.25) is 4.79 Å². The zero-order chi connectivity index (χ0) is 12.7. The number of ether oxygens (including phenoxy) is 1. The van der Waals surface area contributed by atoms with Gasteiger partial charge in [0.15, 0.2) is 0 Å². The van der Waals surface area contributed by atoms with Gasteiger partial charge in [-0.25, -0.2) is 0 Å². The molecule has 5 heteroatoms. The van der Waals surface area contributed by atoms with Crippen LogP contribution in [0.15, 0.2) is 11.4 Å². The summed E-state index contributed by atoms with van der Waals surface area (Å²) in [4.78, 5) is 12.5. The van der Waals surface area contributed by atoms with E-state index in [9.17, 15) is 4.79 Å². The Labute approximate surface area is 105 Å². The number of methoxy groups -OCH3 is 1. The summed E-state index contributed by atoms with van der Waals surface area (Å²) in [5.74, 6) is 5.17. The fourth-order valence-electron chi connectivity index (χ4n) is 1.25. The van der Waals surface area contributed by atoms with Crippen molar-refractivity contribution >= 4 is 17.2 Å². The molecule has 0 aliphatic rings. The first-order valence-electron chi connectivity index (χ1n) is 5.15. The van der Waals surface area contributed by atoms with Crippen LogP contribution in [-0.4, -0.2) is 37.4 Å². The molecule has 0 spiro atoms. The van der Waals surface area contributed by atoms with Crippen molar-refractivity contribution in [2.45, 2.75) is 13.0 Å². The summed E-state index contributed by atoms with van der Waals surface area (Å²) in [6.07, 6.45) is 0. The fourth-order valence-corrected chi connectivity index (χ4v) is 2.00. The van der Waals surface area contributed by atoms with Crippen molar-refractivity contribution in [3.63, 3.8) is 0 Å². The molecule has 0 saturated carbocycles. The van der Waals surface area contributed by atoms with Gasteiger partial charge in [0.2, 0.25) is 0 Å². The van der Waals surface area contributed by atoms with Crippen LogP contribution < -0.4 is 5.32 Å². The van der Waals surface area contributed by atoms with Crippen LogP contribution in [0.2, 0.25) is 0 Å². The molecule has 0 aromatic carbocycles. The van der Waals surface area contributed by atoms with E-state index < -0.39 is 0 Å². The highest BCUT2D eigenvalue weighted by Gasteiger charge is 2.10. The van der Waals surface area contributed by atoms with Gasteiger partial charge in [-0.2, -0.15) is 0 Å². The number of aliphatic hydroxyl groups excluding tert-OH is 1. The van der Waals surface area contributed by atoms with Crippen LogP contribution in [0.5, 0.6) is 0 Å². The summed E-state index contributed by atoms with van der Waals surface area (Å²) in [5, 5.41) is 13.1. The summed E-state index contributed by atoms with van der Waals surface area (Å²) in [5.41, 5.74) is 0.584. The van der Waals surface area contributed by atoms with Gasteiger partial charge in [-0.1, -0.05) is 11.8 Å². The molecule has 92 valence electrons. The average molecular weight is 253 g/mol. The molecule has 1 aromatic heterocycles. The molecule has 1 aromatic rings. The van der Waals surface area contributed by atoms with E-state index in [2.05, 4.69) is 17.2 Å². The molecule has 1 heterocycles. The Morgan fingerprint density at radius 1 is 1.71 bits per heavy atom. The number of aliphatic hydroxyl groups is 1. The quantitative estimate of drug-likeness (QED) is 0.782. The van der Waals surface area contributed by atoms with Crippen LogP contribution in [-0.2, 0) is 4.74 Å². The summed E-state index contributed by atoms with van der Waals surface area (Å²) in [6, 6.07) is 1.68. The molecule has 17 heavy (non-hydrogen) atoms. The number of hydrogen-bond acceptors (Lipinski definition) is 4.